The van der Waals surface area contributed by atoms with Crippen LogP contribution >= 0.6 is 0 Å². The predicted molar refractivity (Wildman–Crippen MR) is 80.6 cm³/mol. The minimum absolute atomic E-state index is 0.0179. The summed E-state index contributed by atoms with van der Waals surface area (Å²) in [5.41, 5.74) is 3.05. The molecule has 0 radical (unpaired) electrons. The minimum Gasteiger partial charge on any atom is -0.351 e. The molecule has 3 heteroatoms. The van der Waals surface area contributed by atoms with Gasteiger partial charge in [0.05, 0.1) is 0 Å². The van der Waals surface area contributed by atoms with Crippen molar-refractivity contribution >= 4 is 5.91 Å². The second-order valence-corrected chi connectivity index (χ2v) is 6.40. The number of nitrogens with one attached hydrogen (secondary N) is 1. The molecule has 0 aliphatic rings. The molecule has 3 nitrogen and oxygen atoms in total. The SMILES string of the molecule is Cc1ccc(C(=O)NCC(C)(C)CN(C)C)c(C)c1. The average molecular weight is 262 g/mol. The van der Waals surface area contributed by atoms with Gasteiger partial charge in [0.2, 0.25) is 0 Å². The summed E-state index contributed by atoms with van der Waals surface area (Å²) in [6.45, 7) is 9.96. The first-order valence-electron chi connectivity index (χ1n) is 6.71. The molecule has 0 heterocycles. The Labute approximate surface area is 117 Å². The third kappa shape index (κ3) is 5.03. The molecule has 1 rings (SSSR count). The zero-order valence-electron chi connectivity index (χ0n) is 13.0. The van der Waals surface area contributed by atoms with Crippen molar-refractivity contribution in [2.24, 2.45) is 5.41 Å². The van der Waals surface area contributed by atoms with Crippen LogP contribution in [0.1, 0.15) is 35.3 Å². The van der Waals surface area contributed by atoms with Crippen LogP contribution in [-0.2, 0) is 0 Å². The Bertz CT molecular complexity index is 450. The van der Waals surface area contributed by atoms with Gasteiger partial charge in [-0.15, -0.1) is 0 Å². The van der Waals surface area contributed by atoms with Crippen molar-refractivity contribution in [3.8, 4) is 0 Å². The summed E-state index contributed by atoms with van der Waals surface area (Å²) in [4.78, 5) is 14.3. The van der Waals surface area contributed by atoms with Crippen molar-refractivity contribution < 1.29 is 4.79 Å². The van der Waals surface area contributed by atoms with Crippen molar-refractivity contribution in [2.75, 3.05) is 27.2 Å². The van der Waals surface area contributed by atoms with E-state index in [9.17, 15) is 4.79 Å². The van der Waals surface area contributed by atoms with E-state index < -0.39 is 0 Å². The molecule has 19 heavy (non-hydrogen) atoms. The Morgan fingerprint density at radius 1 is 1.26 bits per heavy atom. The van der Waals surface area contributed by atoms with Crippen molar-refractivity contribution in [1.29, 1.82) is 0 Å². The van der Waals surface area contributed by atoms with E-state index in [4.69, 9.17) is 0 Å². The smallest absolute Gasteiger partial charge is 0.251 e. The minimum atomic E-state index is 0.0179. The number of hydrogen-bond donors (Lipinski definition) is 1. The average Bonchev–Trinajstić information content (AvgIpc) is 2.24. The molecule has 0 saturated carbocycles. The molecule has 1 amide bonds. The number of benzene rings is 1. The van der Waals surface area contributed by atoms with E-state index in [0.717, 1.165) is 17.7 Å². The van der Waals surface area contributed by atoms with Gasteiger partial charge in [0.25, 0.3) is 5.91 Å². The van der Waals surface area contributed by atoms with Gasteiger partial charge in [-0.1, -0.05) is 31.5 Å². The van der Waals surface area contributed by atoms with Gasteiger partial charge < -0.3 is 10.2 Å². The number of carbonyl (C=O) groups is 1. The molecule has 0 saturated heterocycles. The van der Waals surface area contributed by atoms with E-state index >= 15 is 0 Å². The third-order valence-electron chi connectivity index (χ3n) is 3.10. The molecule has 0 atom stereocenters. The fraction of sp³-hybridized carbons (Fsp3) is 0.562. The highest BCUT2D eigenvalue weighted by Gasteiger charge is 2.20. The molecular weight excluding hydrogens is 236 g/mol. The van der Waals surface area contributed by atoms with Crippen molar-refractivity contribution in [3.05, 3.63) is 34.9 Å². The first kappa shape index (κ1) is 15.7. The van der Waals surface area contributed by atoms with Crippen molar-refractivity contribution in [1.82, 2.24) is 10.2 Å². The summed E-state index contributed by atoms with van der Waals surface area (Å²) in [5, 5.41) is 3.04. The highest BCUT2D eigenvalue weighted by molar-refractivity contribution is 5.95. The van der Waals surface area contributed by atoms with E-state index in [-0.39, 0.29) is 11.3 Å². The van der Waals surface area contributed by atoms with Crippen molar-refractivity contribution in [2.45, 2.75) is 27.7 Å². The molecule has 1 N–H and O–H groups in total. The van der Waals surface area contributed by atoms with Crippen LogP contribution in [0.4, 0.5) is 0 Å². The highest BCUT2D eigenvalue weighted by atomic mass is 16.1. The normalized spacial score (nSPS) is 11.7. The predicted octanol–water partition coefficient (Wildman–Crippen LogP) is 2.62. The molecule has 0 aromatic heterocycles. The second-order valence-electron chi connectivity index (χ2n) is 6.40. The lowest BCUT2D eigenvalue weighted by molar-refractivity contribution is 0.0928. The lowest BCUT2D eigenvalue weighted by Crippen LogP contribution is -2.40. The van der Waals surface area contributed by atoms with Gasteiger partial charge in [-0.05, 0) is 45.0 Å². The molecule has 1 aromatic rings. The van der Waals surface area contributed by atoms with E-state index in [1.807, 2.05) is 46.1 Å². The standard InChI is InChI=1S/C16H26N2O/c1-12-7-8-14(13(2)9-12)15(19)17-10-16(3,4)11-18(5)6/h7-9H,10-11H2,1-6H3,(H,17,19). The number of nitrogens with zero attached hydrogens (tertiary/aromatic N) is 1. The summed E-state index contributed by atoms with van der Waals surface area (Å²) >= 11 is 0. The van der Waals surface area contributed by atoms with Crippen LogP contribution in [0.2, 0.25) is 0 Å². The van der Waals surface area contributed by atoms with Gasteiger partial charge in [0.15, 0.2) is 0 Å². The maximum atomic E-state index is 12.2. The molecule has 0 fully saturated rings. The van der Waals surface area contributed by atoms with Crippen LogP contribution in [0, 0.1) is 19.3 Å². The van der Waals surface area contributed by atoms with Crippen LogP contribution < -0.4 is 5.32 Å². The van der Waals surface area contributed by atoms with Crippen LogP contribution in [0.3, 0.4) is 0 Å². The lowest BCUT2D eigenvalue weighted by atomic mass is 9.92. The molecule has 0 spiro atoms. The van der Waals surface area contributed by atoms with Gasteiger partial charge in [-0.3, -0.25) is 4.79 Å². The highest BCUT2D eigenvalue weighted by Crippen LogP contribution is 2.15. The Kier molecular flexibility index (Phi) is 5.12. The van der Waals surface area contributed by atoms with E-state index in [1.165, 1.54) is 5.56 Å². The molecule has 0 aliphatic heterocycles. The molecular formula is C16H26N2O. The first-order valence-corrected chi connectivity index (χ1v) is 6.71. The maximum Gasteiger partial charge on any atom is 0.251 e. The number of carbonyl (C=O) groups excluding carboxylic acids is 1. The summed E-state index contributed by atoms with van der Waals surface area (Å²) in [6.07, 6.45) is 0. The fourth-order valence-electron chi connectivity index (χ4n) is 2.40. The number of rotatable bonds is 5. The zero-order valence-corrected chi connectivity index (χ0v) is 13.0. The lowest BCUT2D eigenvalue weighted by Gasteiger charge is -2.28. The fourth-order valence-corrected chi connectivity index (χ4v) is 2.40. The van der Waals surface area contributed by atoms with Gasteiger partial charge in [0.1, 0.15) is 0 Å². The van der Waals surface area contributed by atoms with Gasteiger partial charge in [-0.25, -0.2) is 0 Å². The molecule has 106 valence electrons. The summed E-state index contributed by atoms with van der Waals surface area (Å²) in [5.74, 6) is 0.0179. The largest absolute Gasteiger partial charge is 0.351 e. The van der Waals surface area contributed by atoms with Crippen LogP contribution in [0.5, 0.6) is 0 Å². The Morgan fingerprint density at radius 3 is 2.42 bits per heavy atom. The molecule has 0 aliphatic carbocycles. The van der Waals surface area contributed by atoms with Crippen LogP contribution in [0.25, 0.3) is 0 Å². The molecule has 0 bridgehead atoms. The van der Waals surface area contributed by atoms with Gasteiger partial charge >= 0.3 is 0 Å². The Balaban J connectivity index is 2.65. The van der Waals surface area contributed by atoms with Gasteiger partial charge in [-0.2, -0.15) is 0 Å². The first-order chi connectivity index (χ1) is 8.71. The van der Waals surface area contributed by atoms with Crippen LogP contribution in [-0.4, -0.2) is 38.0 Å². The van der Waals surface area contributed by atoms with Crippen LogP contribution in [0.15, 0.2) is 18.2 Å². The van der Waals surface area contributed by atoms with Gasteiger partial charge in [0, 0.05) is 18.7 Å². The monoisotopic (exact) mass is 262 g/mol. The zero-order chi connectivity index (χ0) is 14.6. The topological polar surface area (TPSA) is 32.3 Å². The molecule has 1 aromatic carbocycles. The van der Waals surface area contributed by atoms with E-state index in [1.54, 1.807) is 0 Å². The Morgan fingerprint density at radius 2 is 1.89 bits per heavy atom. The number of hydrogen-bond acceptors (Lipinski definition) is 2. The second kappa shape index (κ2) is 6.20. The maximum absolute atomic E-state index is 12.2. The summed E-state index contributed by atoms with van der Waals surface area (Å²) in [6, 6.07) is 5.92. The number of aryl methyl sites for hydroxylation is 2. The summed E-state index contributed by atoms with van der Waals surface area (Å²) < 4.78 is 0. The number of amides is 1. The Hall–Kier alpha value is -1.35. The molecule has 0 unspecified atom stereocenters. The quantitative estimate of drug-likeness (QED) is 0.884. The van der Waals surface area contributed by atoms with E-state index in [2.05, 4.69) is 24.1 Å². The van der Waals surface area contributed by atoms with E-state index in [0.29, 0.717) is 6.54 Å². The van der Waals surface area contributed by atoms with Crippen molar-refractivity contribution in [3.63, 3.8) is 0 Å². The summed E-state index contributed by atoms with van der Waals surface area (Å²) in [7, 11) is 4.10. The third-order valence-corrected chi connectivity index (χ3v) is 3.10.